The van der Waals surface area contributed by atoms with Gasteiger partial charge in [-0.05, 0) is 5.92 Å². The van der Waals surface area contributed by atoms with Crippen molar-refractivity contribution in [3.63, 3.8) is 0 Å². The van der Waals surface area contributed by atoms with Crippen LogP contribution in [0.1, 0.15) is 20.3 Å². The Morgan fingerprint density at radius 2 is 2.08 bits per heavy atom. The van der Waals surface area contributed by atoms with Crippen molar-refractivity contribution in [1.82, 2.24) is 10.6 Å². The van der Waals surface area contributed by atoms with Gasteiger partial charge in [0.25, 0.3) is 0 Å². The molecule has 0 fully saturated rings. The molecule has 0 aliphatic rings. The first-order valence-electron chi connectivity index (χ1n) is 4.70. The van der Waals surface area contributed by atoms with Crippen LogP contribution >= 0.6 is 0 Å². The van der Waals surface area contributed by atoms with Crippen LogP contribution in [0.25, 0.3) is 0 Å². The molecule has 4 heteroatoms. The van der Waals surface area contributed by atoms with Crippen LogP contribution in [0, 0.1) is 5.92 Å². The first kappa shape index (κ1) is 12.4. The molecular weight excluding hydrogens is 171 g/mol. The normalized spacial score (nSPS) is 10.5. The van der Waals surface area contributed by atoms with Gasteiger partial charge < -0.3 is 10.6 Å². The minimum atomic E-state index is -0.381. The Bertz CT molecular complexity index is 140. The van der Waals surface area contributed by atoms with E-state index in [1.54, 1.807) is 0 Å². The number of amides is 1. The van der Waals surface area contributed by atoms with Gasteiger partial charge in [0.15, 0.2) is 0 Å². The highest BCUT2D eigenvalue weighted by atomic mass is 19.1. The van der Waals surface area contributed by atoms with E-state index >= 15 is 0 Å². The van der Waals surface area contributed by atoms with Gasteiger partial charge in [-0.3, -0.25) is 4.79 Å². The molecule has 0 saturated carbocycles. The van der Waals surface area contributed by atoms with E-state index in [0.29, 0.717) is 32.0 Å². The zero-order valence-corrected chi connectivity index (χ0v) is 8.40. The summed E-state index contributed by atoms with van der Waals surface area (Å²) in [6.07, 6.45) is 0.423. The van der Waals surface area contributed by atoms with Gasteiger partial charge in [0, 0.05) is 26.1 Å². The Labute approximate surface area is 79.1 Å². The number of nitrogens with one attached hydrogen (secondary N) is 2. The summed E-state index contributed by atoms with van der Waals surface area (Å²) in [5, 5.41) is 5.60. The van der Waals surface area contributed by atoms with E-state index in [4.69, 9.17) is 0 Å². The second kappa shape index (κ2) is 7.98. The highest BCUT2D eigenvalue weighted by molar-refractivity contribution is 5.76. The van der Waals surface area contributed by atoms with Crippen LogP contribution in [0.3, 0.4) is 0 Å². The molecule has 0 unspecified atom stereocenters. The van der Waals surface area contributed by atoms with E-state index in [2.05, 4.69) is 10.6 Å². The smallest absolute Gasteiger partial charge is 0.221 e. The summed E-state index contributed by atoms with van der Waals surface area (Å²) in [5.74, 6) is 0.503. The highest BCUT2D eigenvalue weighted by Crippen LogP contribution is 1.87. The maximum atomic E-state index is 11.6. The van der Waals surface area contributed by atoms with Crippen LogP contribution < -0.4 is 10.6 Å². The summed E-state index contributed by atoms with van der Waals surface area (Å²) in [6.45, 7) is 5.30. The van der Waals surface area contributed by atoms with Crippen LogP contribution in [0.4, 0.5) is 4.39 Å². The fraction of sp³-hybridized carbons (Fsp3) is 0.889. The van der Waals surface area contributed by atoms with Crippen LogP contribution in [-0.2, 0) is 4.79 Å². The van der Waals surface area contributed by atoms with Gasteiger partial charge in [0.05, 0.1) is 0 Å². The second-order valence-electron chi connectivity index (χ2n) is 3.39. The van der Waals surface area contributed by atoms with Crippen molar-refractivity contribution in [3.05, 3.63) is 0 Å². The van der Waals surface area contributed by atoms with E-state index in [-0.39, 0.29) is 12.6 Å². The predicted molar refractivity (Wildman–Crippen MR) is 51.3 cm³/mol. The largest absolute Gasteiger partial charge is 0.356 e. The van der Waals surface area contributed by atoms with Gasteiger partial charge in [-0.15, -0.1) is 0 Å². The molecule has 0 rings (SSSR count). The molecule has 0 saturated heterocycles. The standard InChI is InChI=1S/C9H19FN2O/c1-8(2)7-12-9(13)3-5-11-6-4-10/h8,11H,3-7H2,1-2H3,(H,12,13). The first-order chi connectivity index (χ1) is 6.16. The lowest BCUT2D eigenvalue weighted by molar-refractivity contribution is -0.121. The summed E-state index contributed by atoms with van der Waals surface area (Å²) >= 11 is 0. The minimum Gasteiger partial charge on any atom is -0.356 e. The average Bonchev–Trinajstić information content (AvgIpc) is 2.09. The van der Waals surface area contributed by atoms with Gasteiger partial charge in [0.1, 0.15) is 6.67 Å². The molecule has 0 aromatic rings. The number of alkyl halides is 1. The molecule has 0 heterocycles. The Kier molecular flexibility index (Phi) is 7.59. The molecule has 13 heavy (non-hydrogen) atoms. The van der Waals surface area contributed by atoms with Gasteiger partial charge in [-0.1, -0.05) is 13.8 Å². The second-order valence-corrected chi connectivity index (χ2v) is 3.39. The van der Waals surface area contributed by atoms with Gasteiger partial charge >= 0.3 is 0 Å². The van der Waals surface area contributed by atoms with E-state index in [9.17, 15) is 9.18 Å². The van der Waals surface area contributed by atoms with E-state index in [0.717, 1.165) is 0 Å². The summed E-state index contributed by atoms with van der Waals surface area (Å²) in [7, 11) is 0. The van der Waals surface area contributed by atoms with Gasteiger partial charge in [-0.25, -0.2) is 4.39 Å². The molecule has 0 atom stereocenters. The summed E-state index contributed by atoms with van der Waals surface area (Å²) in [6, 6.07) is 0. The third-order valence-electron chi connectivity index (χ3n) is 1.51. The summed E-state index contributed by atoms with van der Waals surface area (Å²) in [5.41, 5.74) is 0. The molecule has 2 N–H and O–H groups in total. The number of halogens is 1. The van der Waals surface area contributed by atoms with E-state index in [1.165, 1.54) is 0 Å². The molecule has 3 nitrogen and oxygen atoms in total. The van der Waals surface area contributed by atoms with Crippen molar-refractivity contribution in [1.29, 1.82) is 0 Å². The number of rotatable bonds is 7. The summed E-state index contributed by atoms with van der Waals surface area (Å²) in [4.78, 5) is 11.1. The molecule has 0 aliphatic heterocycles. The molecule has 0 radical (unpaired) electrons. The van der Waals surface area contributed by atoms with Crippen LogP contribution in [-0.4, -0.2) is 32.2 Å². The first-order valence-corrected chi connectivity index (χ1v) is 4.70. The fourth-order valence-electron chi connectivity index (χ4n) is 0.800. The molecule has 0 aromatic heterocycles. The highest BCUT2D eigenvalue weighted by Gasteiger charge is 2.00. The Morgan fingerprint density at radius 1 is 1.38 bits per heavy atom. The molecule has 0 bridgehead atoms. The third kappa shape index (κ3) is 9.27. The Balaban J connectivity index is 3.20. The van der Waals surface area contributed by atoms with Crippen molar-refractivity contribution >= 4 is 5.91 Å². The molecule has 1 amide bonds. The van der Waals surface area contributed by atoms with Gasteiger partial charge in [-0.2, -0.15) is 0 Å². The quantitative estimate of drug-likeness (QED) is 0.580. The number of hydrogen-bond acceptors (Lipinski definition) is 2. The Hall–Kier alpha value is -0.640. The monoisotopic (exact) mass is 190 g/mol. The van der Waals surface area contributed by atoms with Crippen LogP contribution in [0.15, 0.2) is 0 Å². The van der Waals surface area contributed by atoms with Crippen molar-refractivity contribution in [2.24, 2.45) is 5.92 Å². The summed E-state index contributed by atoms with van der Waals surface area (Å²) < 4.78 is 11.6. The topological polar surface area (TPSA) is 41.1 Å². The Morgan fingerprint density at radius 3 is 2.62 bits per heavy atom. The molecule has 0 spiro atoms. The van der Waals surface area contributed by atoms with Gasteiger partial charge in [0.2, 0.25) is 5.91 Å². The lowest BCUT2D eigenvalue weighted by Crippen LogP contribution is -2.30. The molecule has 78 valence electrons. The fourth-order valence-corrected chi connectivity index (χ4v) is 0.800. The SMILES string of the molecule is CC(C)CNC(=O)CCNCCF. The zero-order chi connectivity index (χ0) is 10.1. The lowest BCUT2D eigenvalue weighted by Gasteiger charge is -2.07. The minimum absolute atomic E-state index is 0.0278. The van der Waals surface area contributed by atoms with Crippen molar-refractivity contribution in [3.8, 4) is 0 Å². The van der Waals surface area contributed by atoms with E-state index < -0.39 is 0 Å². The lowest BCUT2D eigenvalue weighted by atomic mass is 10.2. The van der Waals surface area contributed by atoms with Crippen LogP contribution in [0.2, 0.25) is 0 Å². The van der Waals surface area contributed by atoms with Crippen LogP contribution in [0.5, 0.6) is 0 Å². The maximum absolute atomic E-state index is 11.6. The van der Waals surface area contributed by atoms with Crippen molar-refractivity contribution in [2.45, 2.75) is 20.3 Å². The molecule has 0 aromatic carbocycles. The average molecular weight is 190 g/mol. The number of carbonyl (C=O) groups excluding carboxylic acids is 1. The van der Waals surface area contributed by atoms with Crippen molar-refractivity contribution < 1.29 is 9.18 Å². The number of carbonyl (C=O) groups is 1. The zero-order valence-electron chi connectivity index (χ0n) is 8.40. The molecule has 0 aliphatic carbocycles. The molecular formula is C9H19FN2O. The van der Waals surface area contributed by atoms with E-state index in [1.807, 2.05) is 13.8 Å². The third-order valence-corrected chi connectivity index (χ3v) is 1.51. The maximum Gasteiger partial charge on any atom is 0.221 e. The number of hydrogen-bond donors (Lipinski definition) is 2. The predicted octanol–water partition coefficient (Wildman–Crippen LogP) is 0.708. The van der Waals surface area contributed by atoms with Crippen molar-refractivity contribution in [2.75, 3.05) is 26.3 Å².